The van der Waals surface area contributed by atoms with Gasteiger partial charge >= 0.3 is 0 Å². The van der Waals surface area contributed by atoms with Crippen molar-refractivity contribution in [3.05, 3.63) is 69.1 Å². The highest BCUT2D eigenvalue weighted by molar-refractivity contribution is 6.29. The van der Waals surface area contributed by atoms with Gasteiger partial charge in [-0.25, -0.2) is 4.98 Å². The average molecular weight is 283 g/mol. The van der Waals surface area contributed by atoms with Crippen molar-refractivity contribution in [2.24, 2.45) is 0 Å². The Morgan fingerprint density at radius 3 is 2.95 bits per heavy atom. The summed E-state index contributed by atoms with van der Waals surface area (Å²) in [5, 5.41) is 3.33. The molecule has 0 bridgehead atoms. The molecule has 4 rings (SSSR count). The zero-order valence-electron chi connectivity index (χ0n) is 10.8. The molecule has 0 radical (unpaired) electrons. The lowest BCUT2D eigenvalue weighted by Crippen LogP contribution is -2.15. The van der Waals surface area contributed by atoms with Crippen LogP contribution in [0.1, 0.15) is 12.1 Å². The molecule has 0 atom stereocenters. The number of anilines is 1. The van der Waals surface area contributed by atoms with Crippen molar-refractivity contribution in [1.29, 1.82) is 0 Å². The predicted molar refractivity (Wildman–Crippen MR) is 78.5 cm³/mol. The lowest BCUT2D eigenvalue weighted by Gasteiger charge is -2.08. The third kappa shape index (κ3) is 1.67. The Morgan fingerprint density at radius 1 is 1.30 bits per heavy atom. The Hall–Kier alpha value is -2.13. The van der Waals surface area contributed by atoms with Crippen molar-refractivity contribution in [2.45, 2.75) is 13.3 Å². The van der Waals surface area contributed by atoms with Crippen LogP contribution in [-0.4, -0.2) is 10.9 Å². The molecule has 1 aromatic heterocycles. The molecule has 0 aromatic carbocycles. The van der Waals surface area contributed by atoms with Crippen LogP contribution >= 0.6 is 11.6 Å². The number of aryl methyl sites for hydroxylation is 1. The lowest BCUT2D eigenvalue weighted by molar-refractivity contribution is -0.112. The van der Waals surface area contributed by atoms with E-state index < -0.39 is 0 Å². The number of fused-ring (bicyclic) bond motifs is 2. The van der Waals surface area contributed by atoms with Gasteiger partial charge in [0.05, 0.1) is 11.4 Å². The highest BCUT2D eigenvalue weighted by Gasteiger charge is 2.35. The van der Waals surface area contributed by atoms with Crippen LogP contribution in [0.15, 0.2) is 58.2 Å². The Bertz CT molecular complexity index is 797. The molecular weight excluding hydrogens is 272 g/mol. The third-order valence-corrected chi connectivity index (χ3v) is 4.03. The number of carbonyl (C=O) groups excluding carboxylic acids is 1. The number of nitrogens with zero attached hydrogens (tertiary/aromatic N) is 1. The summed E-state index contributed by atoms with van der Waals surface area (Å²) in [6, 6.07) is 3.45. The summed E-state index contributed by atoms with van der Waals surface area (Å²) in [4.78, 5) is 16.5. The second kappa shape index (κ2) is 3.93. The summed E-state index contributed by atoms with van der Waals surface area (Å²) >= 11 is 5.82. The normalized spacial score (nSPS) is 18.2. The minimum Gasteiger partial charge on any atom is -0.320 e. The number of pyridine rings is 1. The van der Waals surface area contributed by atoms with Gasteiger partial charge in [-0.3, -0.25) is 4.79 Å². The number of carbonyl (C=O) groups is 1. The largest absolute Gasteiger partial charge is 0.320 e. The van der Waals surface area contributed by atoms with Crippen LogP contribution < -0.4 is 5.32 Å². The molecular formula is C16H11ClN2O. The monoisotopic (exact) mass is 282 g/mol. The SMILES string of the molecule is Cc1nc(Cl)ccc1NC(=O)C1=C2C=C3CC3=C2C=C1. The van der Waals surface area contributed by atoms with Crippen molar-refractivity contribution in [3.63, 3.8) is 0 Å². The van der Waals surface area contributed by atoms with Gasteiger partial charge in [-0.2, -0.15) is 0 Å². The summed E-state index contributed by atoms with van der Waals surface area (Å²) in [5.74, 6) is -0.0998. The second-order valence-electron chi connectivity index (χ2n) is 5.12. The van der Waals surface area contributed by atoms with Crippen LogP contribution in [-0.2, 0) is 4.79 Å². The van der Waals surface area contributed by atoms with Crippen molar-refractivity contribution in [3.8, 4) is 0 Å². The van der Waals surface area contributed by atoms with Gasteiger partial charge in [0.15, 0.2) is 0 Å². The number of amides is 1. The van der Waals surface area contributed by atoms with E-state index >= 15 is 0 Å². The van der Waals surface area contributed by atoms with Gasteiger partial charge in [0, 0.05) is 5.57 Å². The van der Waals surface area contributed by atoms with Crippen LogP contribution in [0, 0.1) is 6.92 Å². The van der Waals surface area contributed by atoms with Crippen molar-refractivity contribution < 1.29 is 4.79 Å². The minimum atomic E-state index is -0.0998. The van der Waals surface area contributed by atoms with E-state index in [4.69, 9.17) is 11.6 Å². The highest BCUT2D eigenvalue weighted by atomic mass is 35.5. The first kappa shape index (κ1) is 11.7. The Kier molecular flexibility index (Phi) is 2.30. The quantitative estimate of drug-likeness (QED) is 0.844. The molecule has 1 fully saturated rings. The molecule has 3 nitrogen and oxygen atoms in total. The maximum absolute atomic E-state index is 12.4. The predicted octanol–water partition coefficient (Wildman–Crippen LogP) is 3.49. The molecule has 0 saturated heterocycles. The van der Waals surface area contributed by atoms with E-state index in [0.29, 0.717) is 16.5 Å². The fraction of sp³-hybridized carbons (Fsp3) is 0.125. The molecule has 1 aromatic rings. The first-order valence-electron chi connectivity index (χ1n) is 6.45. The van der Waals surface area contributed by atoms with Gasteiger partial charge in [0.2, 0.25) is 0 Å². The van der Waals surface area contributed by atoms with E-state index in [-0.39, 0.29) is 5.91 Å². The van der Waals surface area contributed by atoms with Crippen molar-refractivity contribution >= 4 is 23.2 Å². The number of hydrogen-bond donors (Lipinski definition) is 1. The minimum absolute atomic E-state index is 0.0998. The maximum Gasteiger partial charge on any atom is 0.256 e. The van der Waals surface area contributed by atoms with Crippen LogP contribution in [0.25, 0.3) is 0 Å². The molecule has 3 aliphatic carbocycles. The van der Waals surface area contributed by atoms with E-state index in [2.05, 4.69) is 16.4 Å². The third-order valence-electron chi connectivity index (χ3n) is 3.82. The fourth-order valence-corrected chi connectivity index (χ4v) is 2.88. The zero-order chi connectivity index (χ0) is 13.9. The number of rotatable bonds is 2. The van der Waals surface area contributed by atoms with Crippen LogP contribution in [0.3, 0.4) is 0 Å². The maximum atomic E-state index is 12.4. The van der Waals surface area contributed by atoms with Gasteiger partial charge < -0.3 is 5.32 Å². The van der Waals surface area contributed by atoms with E-state index in [1.807, 2.05) is 19.1 Å². The molecule has 0 aliphatic heterocycles. The van der Waals surface area contributed by atoms with E-state index in [9.17, 15) is 4.79 Å². The molecule has 1 heterocycles. The number of hydrogen-bond acceptors (Lipinski definition) is 2. The van der Waals surface area contributed by atoms with Crippen LogP contribution in [0.4, 0.5) is 5.69 Å². The first-order valence-corrected chi connectivity index (χ1v) is 6.82. The van der Waals surface area contributed by atoms with Gasteiger partial charge in [-0.15, -0.1) is 0 Å². The Morgan fingerprint density at radius 2 is 2.15 bits per heavy atom. The highest BCUT2D eigenvalue weighted by Crippen LogP contribution is 2.51. The van der Waals surface area contributed by atoms with Gasteiger partial charge in [0.1, 0.15) is 5.15 Å². The standard InChI is InChI=1S/C16H11ClN2O/c1-8-14(4-5-15(17)18-8)19-16(20)11-3-2-10-12-6-9(12)7-13(10)11/h2-5,7H,6H2,1H3,(H,19,20). The molecule has 98 valence electrons. The fourth-order valence-electron chi connectivity index (χ4n) is 2.69. The van der Waals surface area contributed by atoms with Crippen molar-refractivity contribution in [1.82, 2.24) is 4.98 Å². The van der Waals surface area contributed by atoms with E-state index in [0.717, 1.165) is 17.6 Å². The summed E-state index contributed by atoms with van der Waals surface area (Å²) in [5.41, 5.74) is 7.16. The Labute approximate surface area is 121 Å². The van der Waals surface area contributed by atoms with Gasteiger partial charge in [0.25, 0.3) is 5.91 Å². The molecule has 0 unspecified atom stereocenters. The second-order valence-corrected chi connectivity index (χ2v) is 5.51. The number of aromatic nitrogens is 1. The van der Waals surface area contributed by atoms with E-state index in [1.165, 1.54) is 16.7 Å². The summed E-state index contributed by atoms with van der Waals surface area (Å²) in [7, 11) is 0. The number of nitrogens with one attached hydrogen (secondary N) is 1. The average Bonchev–Trinajstić information content (AvgIpc) is 2.89. The van der Waals surface area contributed by atoms with Crippen molar-refractivity contribution in [2.75, 3.05) is 5.32 Å². The van der Waals surface area contributed by atoms with Crippen LogP contribution in [0.5, 0.6) is 0 Å². The number of allylic oxidation sites excluding steroid dienone is 6. The van der Waals surface area contributed by atoms with Crippen LogP contribution in [0.2, 0.25) is 5.15 Å². The van der Waals surface area contributed by atoms with Gasteiger partial charge in [-0.1, -0.05) is 17.7 Å². The molecule has 20 heavy (non-hydrogen) atoms. The molecule has 1 amide bonds. The topological polar surface area (TPSA) is 42.0 Å². The smallest absolute Gasteiger partial charge is 0.256 e. The zero-order valence-corrected chi connectivity index (χ0v) is 11.6. The first-order chi connectivity index (χ1) is 9.63. The summed E-state index contributed by atoms with van der Waals surface area (Å²) < 4.78 is 0. The summed E-state index contributed by atoms with van der Waals surface area (Å²) in [6.07, 6.45) is 7.12. The summed E-state index contributed by atoms with van der Waals surface area (Å²) in [6.45, 7) is 1.82. The molecule has 3 aliphatic rings. The molecule has 1 saturated carbocycles. The van der Waals surface area contributed by atoms with E-state index in [1.54, 1.807) is 12.1 Å². The number of halogens is 1. The molecule has 0 spiro atoms. The molecule has 1 N–H and O–H groups in total. The lowest BCUT2D eigenvalue weighted by atomic mass is 10.1. The Balaban J connectivity index is 1.64. The molecule has 4 heteroatoms. The van der Waals surface area contributed by atoms with Gasteiger partial charge in [-0.05, 0) is 59.9 Å².